The normalized spacial score (nSPS) is 11.4. The summed E-state index contributed by atoms with van der Waals surface area (Å²) in [7, 11) is 0. The molecule has 0 heterocycles. The topological polar surface area (TPSA) is 50.4 Å². The molecule has 4 nitrogen and oxygen atoms in total. The van der Waals surface area contributed by atoms with Crippen LogP contribution in [-0.2, 0) is 4.74 Å². The number of benzene rings is 3. The van der Waals surface area contributed by atoms with Crippen molar-refractivity contribution in [3.8, 4) is 0 Å². The van der Waals surface area contributed by atoms with Crippen LogP contribution in [0.15, 0.2) is 72.8 Å². The minimum atomic E-state index is -0.334. The van der Waals surface area contributed by atoms with Crippen LogP contribution in [0.1, 0.15) is 45.6 Å². The molecule has 30 heavy (non-hydrogen) atoms. The van der Waals surface area contributed by atoms with Crippen LogP contribution in [-0.4, -0.2) is 17.7 Å². The van der Waals surface area contributed by atoms with Crippen molar-refractivity contribution >= 4 is 29.0 Å². The van der Waals surface area contributed by atoms with Gasteiger partial charge in [0.15, 0.2) is 5.11 Å². The first-order chi connectivity index (χ1) is 14.5. The molecule has 0 aromatic heterocycles. The predicted molar refractivity (Wildman–Crippen MR) is 126 cm³/mol. The lowest BCUT2D eigenvalue weighted by Crippen LogP contribution is -2.33. The lowest BCUT2D eigenvalue weighted by molar-refractivity contribution is 0.0525. The maximum absolute atomic E-state index is 12.2. The van der Waals surface area contributed by atoms with Crippen molar-refractivity contribution in [1.82, 2.24) is 5.32 Å². The number of rotatable bonds is 6. The Morgan fingerprint density at radius 2 is 1.60 bits per heavy atom. The van der Waals surface area contributed by atoms with Crippen molar-refractivity contribution in [1.29, 1.82) is 0 Å². The molecule has 0 aliphatic rings. The van der Waals surface area contributed by atoms with E-state index in [4.69, 9.17) is 17.0 Å². The fourth-order valence-electron chi connectivity index (χ4n) is 3.25. The van der Waals surface area contributed by atoms with Gasteiger partial charge in [0.05, 0.1) is 18.2 Å². The molecule has 3 rings (SSSR count). The first-order valence-electron chi connectivity index (χ1n) is 9.95. The van der Waals surface area contributed by atoms with Crippen molar-refractivity contribution in [2.24, 2.45) is 0 Å². The van der Waals surface area contributed by atoms with Gasteiger partial charge in [0.2, 0.25) is 0 Å². The fraction of sp³-hybridized carbons (Fsp3) is 0.200. The average molecular weight is 419 g/mol. The van der Waals surface area contributed by atoms with Crippen LogP contribution in [0.2, 0.25) is 0 Å². The quantitative estimate of drug-likeness (QED) is 0.406. The number of thiocarbonyl (C=S) groups is 1. The zero-order valence-corrected chi connectivity index (χ0v) is 18.3. The minimum Gasteiger partial charge on any atom is -0.462 e. The molecule has 0 aliphatic heterocycles. The van der Waals surface area contributed by atoms with E-state index < -0.39 is 0 Å². The summed E-state index contributed by atoms with van der Waals surface area (Å²) in [5.41, 5.74) is 5.54. The van der Waals surface area contributed by atoms with Gasteiger partial charge in [-0.15, -0.1) is 0 Å². The van der Waals surface area contributed by atoms with E-state index >= 15 is 0 Å². The van der Waals surface area contributed by atoms with Crippen LogP contribution in [0.3, 0.4) is 0 Å². The van der Waals surface area contributed by atoms with Crippen LogP contribution < -0.4 is 10.6 Å². The molecule has 0 amide bonds. The molecule has 2 N–H and O–H groups in total. The highest BCUT2D eigenvalue weighted by atomic mass is 32.1. The van der Waals surface area contributed by atoms with E-state index in [-0.39, 0.29) is 12.0 Å². The molecule has 3 aromatic carbocycles. The second-order valence-electron chi connectivity index (χ2n) is 7.05. The van der Waals surface area contributed by atoms with E-state index in [0.29, 0.717) is 17.3 Å². The number of hydrogen-bond acceptors (Lipinski definition) is 3. The predicted octanol–water partition coefficient (Wildman–Crippen LogP) is 5.56. The Bertz CT molecular complexity index is 1020. The van der Waals surface area contributed by atoms with Crippen LogP contribution in [0.25, 0.3) is 0 Å². The Labute approximate surface area is 183 Å². The minimum absolute atomic E-state index is 0.0969. The number of aryl methyl sites for hydroxylation is 1. The Kier molecular flexibility index (Phi) is 7.20. The number of nitrogens with one attached hydrogen (secondary N) is 2. The van der Waals surface area contributed by atoms with Gasteiger partial charge in [-0.2, -0.15) is 0 Å². The fourth-order valence-corrected chi connectivity index (χ4v) is 3.48. The molecule has 3 aromatic rings. The van der Waals surface area contributed by atoms with Crippen LogP contribution in [0.4, 0.5) is 5.69 Å². The van der Waals surface area contributed by atoms with E-state index in [2.05, 4.69) is 54.0 Å². The Morgan fingerprint density at radius 3 is 2.27 bits per heavy atom. The molecule has 0 radical (unpaired) electrons. The summed E-state index contributed by atoms with van der Waals surface area (Å²) in [6.07, 6.45) is 0. The second kappa shape index (κ2) is 10.0. The van der Waals surface area contributed by atoms with Crippen molar-refractivity contribution in [3.05, 3.63) is 101 Å². The Hall–Kier alpha value is -3.18. The summed E-state index contributed by atoms with van der Waals surface area (Å²) in [5, 5.41) is 7.14. The lowest BCUT2D eigenvalue weighted by Gasteiger charge is -2.23. The molecule has 0 aliphatic carbocycles. The number of carbonyl (C=O) groups excluding carboxylic acids is 1. The highest BCUT2D eigenvalue weighted by molar-refractivity contribution is 7.80. The van der Waals surface area contributed by atoms with Crippen LogP contribution >= 0.6 is 12.2 Å². The van der Waals surface area contributed by atoms with Crippen molar-refractivity contribution in [2.75, 3.05) is 11.9 Å². The van der Waals surface area contributed by atoms with Crippen LogP contribution in [0, 0.1) is 13.8 Å². The van der Waals surface area contributed by atoms with Crippen molar-refractivity contribution < 1.29 is 9.53 Å². The largest absolute Gasteiger partial charge is 0.462 e. The number of anilines is 1. The Balaban J connectivity index is 1.83. The lowest BCUT2D eigenvalue weighted by atomic mass is 9.98. The molecule has 0 bridgehead atoms. The summed E-state index contributed by atoms with van der Waals surface area (Å²) in [5.74, 6) is -0.334. The summed E-state index contributed by atoms with van der Waals surface area (Å²) in [6, 6.07) is 24.0. The van der Waals surface area contributed by atoms with Gasteiger partial charge in [-0.1, -0.05) is 66.2 Å². The number of esters is 1. The van der Waals surface area contributed by atoms with Gasteiger partial charge >= 0.3 is 5.97 Å². The Morgan fingerprint density at radius 1 is 0.933 bits per heavy atom. The molecule has 1 atom stereocenters. The zero-order valence-electron chi connectivity index (χ0n) is 17.4. The van der Waals surface area contributed by atoms with E-state index in [1.165, 1.54) is 5.56 Å². The standard InChI is InChI=1S/C25H26N2O2S/c1-4-29-24(28)21-11-8-12-22(18(21)3)26-25(30)27-23(19-9-6-5-7-10-19)20-15-13-17(2)14-16-20/h5-16,23H,4H2,1-3H3,(H2,26,27,30). The third-order valence-corrected chi connectivity index (χ3v) is 5.12. The number of hydrogen-bond donors (Lipinski definition) is 2. The highest BCUT2D eigenvalue weighted by Crippen LogP contribution is 2.24. The molecule has 0 saturated heterocycles. The van der Waals surface area contributed by atoms with Gasteiger partial charge in [0.25, 0.3) is 0 Å². The first kappa shape index (κ1) is 21.5. The summed E-state index contributed by atoms with van der Waals surface area (Å²) < 4.78 is 5.14. The zero-order chi connectivity index (χ0) is 21.5. The van der Waals surface area contributed by atoms with Gasteiger partial charge < -0.3 is 15.4 Å². The maximum atomic E-state index is 12.2. The van der Waals surface area contributed by atoms with Gasteiger partial charge in [-0.25, -0.2) is 4.79 Å². The third kappa shape index (κ3) is 5.24. The van der Waals surface area contributed by atoms with Crippen molar-refractivity contribution in [3.63, 3.8) is 0 Å². The maximum Gasteiger partial charge on any atom is 0.338 e. The molecule has 0 saturated carbocycles. The molecule has 5 heteroatoms. The van der Waals surface area contributed by atoms with E-state index in [9.17, 15) is 4.79 Å². The summed E-state index contributed by atoms with van der Waals surface area (Å²) in [6.45, 7) is 6.08. The molecule has 0 spiro atoms. The van der Waals surface area contributed by atoms with Gasteiger partial charge in [-0.3, -0.25) is 0 Å². The average Bonchev–Trinajstić information content (AvgIpc) is 2.75. The van der Waals surface area contributed by atoms with Gasteiger partial charge in [0.1, 0.15) is 0 Å². The summed E-state index contributed by atoms with van der Waals surface area (Å²) in [4.78, 5) is 12.2. The van der Waals surface area contributed by atoms with Crippen LogP contribution in [0.5, 0.6) is 0 Å². The van der Waals surface area contributed by atoms with E-state index in [0.717, 1.165) is 22.4 Å². The van der Waals surface area contributed by atoms with Crippen molar-refractivity contribution in [2.45, 2.75) is 26.8 Å². The smallest absolute Gasteiger partial charge is 0.338 e. The van der Waals surface area contributed by atoms with E-state index in [1.54, 1.807) is 13.0 Å². The molecular formula is C25H26N2O2S. The monoisotopic (exact) mass is 418 g/mol. The van der Waals surface area contributed by atoms with Gasteiger partial charge in [0, 0.05) is 5.69 Å². The first-order valence-corrected chi connectivity index (χ1v) is 10.4. The van der Waals surface area contributed by atoms with E-state index in [1.807, 2.05) is 37.3 Å². The molecular weight excluding hydrogens is 392 g/mol. The van der Waals surface area contributed by atoms with Gasteiger partial charge in [-0.05, 0) is 61.8 Å². The summed E-state index contributed by atoms with van der Waals surface area (Å²) >= 11 is 5.62. The second-order valence-corrected chi connectivity index (χ2v) is 7.46. The number of carbonyl (C=O) groups is 1. The number of ether oxygens (including phenoxy) is 1. The highest BCUT2D eigenvalue weighted by Gasteiger charge is 2.17. The SMILES string of the molecule is CCOC(=O)c1cccc(NC(=S)NC(c2ccccc2)c2ccc(C)cc2)c1C. The molecule has 0 fully saturated rings. The third-order valence-electron chi connectivity index (χ3n) is 4.90. The molecule has 1 unspecified atom stereocenters. The molecule has 154 valence electrons.